The van der Waals surface area contributed by atoms with E-state index in [1.165, 1.54) is 6.33 Å². The summed E-state index contributed by atoms with van der Waals surface area (Å²) >= 11 is 3.59. The first-order chi connectivity index (χ1) is 15.4. The zero-order valence-electron chi connectivity index (χ0n) is 18.3. The molecule has 0 saturated heterocycles. The molecule has 2 N–H and O–H groups in total. The van der Waals surface area contributed by atoms with E-state index in [1.54, 1.807) is 11.8 Å². The van der Waals surface area contributed by atoms with Crippen LogP contribution in [0.5, 0.6) is 11.5 Å². The van der Waals surface area contributed by atoms with E-state index in [0.717, 1.165) is 21.3 Å². The quantitative estimate of drug-likeness (QED) is 0.513. The molecule has 1 aliphatic heterocycles. The monoisotopic (exact) mass is 497 g/mol. The van der Waals surface area contributed by atoms with Crippen molar-refractivity contribution in [2.45, 2.75) is 26.8 Å². The maximum Gasteiger partial charge on any atom is 0.255 e. The number of fused-ring (bicyclic) bond motifs is 1. The van der Waals surface area contributed by atoms with Crippen LogP contribution in [0.25, 0.3) is 0 Å². The number of benzene rings is 2. The zero-order valence-corrected chi connectivity index (χ0v) is 19.9. The van der Waals surface area contributed by atoms with E-state index in [-0.39, 0.29) is 5.91 Å². The van der Waals surface area contributed by atoms with Crippen molar-refractivity contribution in [1.29, 1.82) is 0 Å². The molecule has 0 saturated carbocycles. The third kappa shape index (κ3) is 4.08. The minimum atomic E-state index is -0.514. The van der Waals surface area contributed by atoms with Crippen molar-refractivity contribution in [3.8, 4) is 11.5 Å². The number of allylic oxidation sites excluding steroid dienone is 1. The second-order valence-electron chi connectivity index (χ2n) is 7.39. The van der Waals surface area contributed by atoms with Gasteiger partial charge in [-0.05, 0) is 72.1 Å². The number of methoxy groups -OCH3 is 1. The summed E-state index contributed by atoms with van der Waals surface area (Å²) in [5.41, 5.74) is 3.82. The number of ether oxygens (including phenoxy) is 2. The summed E-state index contributed by atoms with van der Waals surface area (Å²) in [6.45, 7) is 6.25. The number of carbonyl (C=O) groups is 1. The van der Waals surface area contributed by atoms with E-state index >= 15 is 0 Å². The lowest BCUT2D eigenvalue weighted by Crippen LogP contribution is -2.31. The number of anilines is 2. The molecule has 1 aliphatic rings. The molecular weight excluding hydrogens is 474 g/mol. The minimum absolute atomic E-state index is 0.226. The number of carbonyl (C=O) groups excluding carboxylic acids is 1. The van der Waals surface area contributed by atoms with E-state index in [2.05, 4.69) is 36.6 Å². The molecule has 2 heterocycles. The fourth-order valence-corrected chi connectivity index (χ4v) is 4.37. The Balaban J connectivity index is 1.81. The predicted octanol–water partition coefficient (Wildman–Crippen LogP) is 4.68. The molecule has 8 nitrogen and oxygen atoms in total. The van der Waals surface area contributed by atoms with Gasteiger partial charge in [0.15, 0.2) is 11.5 Å². The fraction of sp³-hybridized carbons (Fsp3) is 0.261. The zero-order chi connectivity index (χ0) is 22.8. The number of amides is 1. The highest BCUT2D eigenvalue weighted by Gasteiger charge is 2.34. The van der Waals surface area contributed by atoms with Crippen LogP contribution in [0.2, 0.25) is 0 Å². The van der Waals surface area contributed by atoms with Gasteiger partial charge in [0.1, 0.15) is 12.4 Å². The Morgan fingerprint density at radius 2 is 2.09 bits per heavy atom. The number of halogens is 1. The Bertz CT molecular complexity index is 1200. The molecule has 1 atom stereocenters. The Morgan fingerprint density at radius 3 is 2.81 bits per heavy atom. The van der Waals surface area contributed by atoms with Crippen LogP contribution in [0, 0.1) is 6.92 Å². The van der Waals surface area contributed by atoms with Crippen molar-refractivity contribution >= 4 is 33.5 Å². The number of aryl methyl sites for hydroxylation is 1. The normalized spacial score (nSPS) is 15.1. The van der Waals surface area contributed by atoms with Crippen LogP contribution >= 0.6 is 15.9 Å². The molecule has 1 aromatic heterocycles. The van der Waals surface area contributed by atoms with Gasteiger partial charge >= 0.3 is 0 Å². The van der Waals surface area contributed by atoms with Crippen LogP contribution in [0.4, 0.5) is 11.6 Å². The summed E-state index contributed by atoms with van der Waals surface area (Å²) in [5, 5.41) is 10.6. The summed E-state index contributed by atoms with van der Waals surface area (Å²) < 4.78 is 13.7. The van der Waals surface area contributed by atoms with Crippen LogP contribution in [0.1, 0.15) is 31.0 Å². The molecule has 0 radical (unpaired) electrons. The first-order valence-electron chi connectivity index (χ1n) is 10.2. The van der Waals surface area contributed by atoms with Gasteiger partial charge in [-0.3, -0.25) is 4.79 Å². The summed E-state index contributed by atoms with van der Waals surface area (Å²) in [6, 6.07) is 11.0. The molecule has 2 aromatic carbocycles. The van der Waals surface area contributed by atoms with Crippen molar-refractivity contribution in [3.63, 3.8) is 0 Å². The number of rotatable bonds is 6. The molecule has 32 heavy (non-hydrogen) atoms. The van der Waals surface area contributed by atoms with E-state index in [4.69, 9.17) is 9.47 Å². The molecule has 1 amide bonds. The van der Waals surface area contributed by atoms with Crippen LogP contribution < -0.4 is 20.1 Å². The topological polar surface area (TPSA) is 90.3 Å². The standard InChI is InChI=1S/C23H24BrN5O3/c1-5-32-21-17(24)10-15(11-18(21)31-4)20-19(14(3)27-23-25-12-26-29(20)23)22(30)28-16-8-6-7-13(2)9-16/h6-12,20H,5H2,1-4H3,(H,28,30)(H,25,26,27). The maximum absolute atomic E-state index is 13.5. The molecular formula is C23H24BrN5O3. The molecule has 0 fully saturated rings. The van der Waals surface area contributed by atoms with E-state index in [0.29, 0.717) is 35.3 Å². The number of hydrogen-bond donors (Lipinski definition) is 2. The SMILES string of the molecule is CCOc1c(Br)cc(C2C(C(=O)Nc3cccc(C)c3)=C(C)Nc3ncnn32)cc1OC. The molecule has 0 spiro atoms. The molecule has 1 unspecified atom stereocenters. The number of aromatic nitrogens is 3. The second-order valence-corrected chi connectivity index (χ2v) is 8.24. The number of nitrogens with zero attached hydrogens (tertiary/aromatic N) is 3. The van der Waals surface area contributed by atoms with Crippen LogP contribution in [-0.4, -0.2) is 34.4 Å². The molecule has 4 rings (SSSR count). The van der Waals surface area contributed by atoms with Crippen molar-refractivity contribution in [2.24, 2.45) is 0 Å². The highest BCUT2D eigenvalue weighted by atomic mass is 79.9. The minimum Gasteiger partial charge on any atom is -0.493 e. The van der Waals surface area contributed by atoms with Crippen molar-refractivity contribution in [2.75, 3.05) is 24.4 Å². The van der Waals surface area contributed by atoms with Crippen LogP contribution in [-0.2, 0) is 4.79 Å². The van der Waals surface area contributed by atoms with Gasteiger partial charge in [0.05, 0.1) is 23.8 Å². The maximum atomic E-state index is 13.5. The van der Waals surface area contributed by atoms with Crippen LogP contribution in [0.3, 0.4) is 0 Å². The third-order valence-corrected chi connectivity index (χ3v) is 5.76. The van der Waals surface area contributed by atoms with Crippen LogP contribution in [0.15, 0.2) is 58.5 Å². The Morgan fingerprint density at radius 1 is 1.28 bits per heavy atom. The highest BCUT2D eigenvalue weighted by Crippen LogP contribution is 2.42. The van der Waals surface area contributed by atoms with Gasteiger partial charge in [-0.15, -0.1) is 0 Å². The average Bonchev–Trinajstić information content (AvgIpc) is 3.22. The Kier molecular flexibility index (Phi) is 6.18. The largest absolute Gasteiger partial charge is 0.493 e. The van der Waals surface area contributed by atoms with E-state index in [9.17, 15) is 4.79 Å². The van der Waals surface area contributed by atoms with Gasteiger partial charge in [0, 0.05) is 11.4 Å². The number of nitrogens with one attached hydrogen (secondary N) is 2. The van der Waals surface area contributed by atoms with Crippen molar-refractivity contribution < 1.29 is 14.3 Å². The molecule has 3 aromatic rings. The Hall–Kier alpha value is -3.33. The fourth-order valence-electron chi connectivity index (χ4n) is 3.80. The summed E-state index contributed by atoms with van der Waals surface area (Å²) in [5.74, 6) is 1.50. The van der Waals surface area contributed by atoms with E-state index in [1.807, 2.05) is 57.2 Å². The summed E-state index contributed by atoms with van der Waals surface area (Å²) in [6.07, 6.45) is 1.46. The lowest BCUT2D eigenvalue weighted by molar-refractivity contribution is -0.113. The summed E-state index contributed by atoms with van der Waals surface area (Å²) in [7, 11) is 1.59. The van der Waals surface area contributed by atoms with Gasteiger partial charge in [0.2, 0.25) is 5.95 Å². The molecule has 0 aliphatic carbocycles. The Labute approximate surface area is 194 Å². The van der Waals surface area contributed by atoms with Gasteiger partial charge in [0.25, 0.3) is 5.91 Å². The molecule has 9 heteroatoms. The van der Waals surface area contributed by atoms with Gasteiger partial charge in [-0.1, -0.05) is 12.1 Å². The van der Waals surface area contributed by atoms with E-state index < -0.39 is 6.04 Å². The van der Waals surface area contributed by atoms with Gasteiger partial charge < -0.3 is 20.1 Å². The lowest BCUT2D eigenvalue weighted by Gasteiger charge is -2.29. The van der Waals surface area contributed by atoms with Gasteiger partial charge in [-0.25, -0.2) is 4.68 Å². The summed E-state index contributed by atoms with van der Waals surface area (Å²) in [4.78, 5) is 17.8. The first kappa shape index (κ1) is 21.9. The van der Waals surface area contributed by atoms with Crippen molar-refractivity contribution in [3.05, 3.63) is 69.6 Å². The predicted molar refractivity (Wildman–Crippen MR) is 126 cm³/mol. The third-order valence-electron chi connectivity index (χ3n) is 5.17. The highest BCUT2D eigenvalue weighted by molar-refractivity contribution is 9.10. The lowest BCUT2D eigenvalue weighted by atomic mass is 9.94. The van der Waals surface area contributed by atoms with Crippen molar-refractivity contribution in [1.82, 2.24) is 14.8 Å². The second kappa shape index (κ2) is 9.04. The van der Waals surface area contributed by atoms with Gasteiger partial charge in [-0.2, -0.15) is 10.1 Å². The first-order valence-corrected chi connectivity index (χ1v) is 11.0. The molecule has 0 bridgehead atoms. The average molecular weight is 498 g/mol. The molecule has 166 valence electrons. The number of hydrogen-bond acceptors (Lipinski definition) is 6. The smallest absolute Gasteiger partial charge is 0.255 e.